The molecule has 3 rings (SSSR count). The zero-order valence-electron chi connectivity index (χ0n) is 15.7. The molecule has 0 amide bonds. The van der Waals surface area contributed by atoms with Crippen LogP contribution < -0.4 is 5.32 Å². The minimum Gasteiger partial charge on any atom is -0.349 e. The summed E-state index contributed by atoms with van der Waals surface area (Å²) in [6.45, 7) is 7.52. The molecule has 0 radical (unpaired) electrons. The van der Waals surface area contributed by atoms with Crippen molar-refractivity contribution in [2.45, 2.75) is 33.2 Å². The van der Waals surface area contributed by atoms with E-state index >= 15 is 0 Å². The Labute approximate surface area is 167 Å². The first-order valence-electron chi connectivity index (χ1n) is 8.94. The SMILES string of the molecule is CN=C(NCc1nc2ccccc2n1C)N1CCC(CC(C)C)C1.I. The number of aromatic nitrogens is 2. The van der Waals surface area contributed by atoms with E-state index in [9.17, 15) is 0 Å². The fourth-order valence-electron chi connectivity index (χ4n) is 3.73. The lowest BCUT2D eigenvalue weighted by molar-refractivity contribution is 0.403. The number of imidazole rings is 1. The number of halogens is 1. The summed E-state index contributed by atoms with van der Waals surface area (Å²) in [6.07, 6.45) is 2.57. The summed E-state index contributed by atoms with van der Waals surface area (Å²) in [6, 6.07) is 8.26. The molecule has 0 saturated carbocycles. The van der Waals surface area contributed by atoms with E-state index in [1.807, 2.05) is 13.1 Å². The van der Waals surface area contributed by atoms with Crippen molar-refractivity contribution in [2.75, 3.05) is 20.1 Å². The largest absolute Gasteiger partial charge is 0.349 e. The van der Waals surface area contributed by atoms with Crippen molar-refractivity contribution >= 4 is 41.0 Å². The molecule has 2 heterocycles. The van der Waals surface area contributed by atoms with Gasteiger partial charge in [-0.3, -0.25) is 4.99 Å². The number of aliphatic imine (C=N–C) groups is 1. The highest BCUT2D eigenvalue weighted by Gasteiger charge is 2.25. The number of likely N-dealkylation sites (tertiary alicyclic amines) is 1. The van der Waals surface area contributed by atoms with Gasteiger partial charge in [-0.05, 0) is 36.8 Å². The Morgan fingerprint density at radius 3 is 2.80 bits per heavy atom. The third-order valence-electron chi connectivity index (χ3n) is 4.89. The van der Waals surface area contributed by atoms with E-state index in [1.165, 1.54) is 18.4 Å². The highest BCUT2D eigenvalue weighted by atomic mass is 127. The molecule has 1 saturated heterocycles. The lowest BCUT2D eigenvalue weighted by atomic mass is 9.97. The van der Waals surface area contributed by atoms with Crippen LogP contribution in [0.5, 0.6) is 0 Å². The smallest absolute Gasteiger partial charge is 0.194 e. The van der Waals surface area contributed by atoms with Crippen LogP contribution in [0, 0.1) is 11.8 Å². The molecule has 5 nitrogen and oxygen atoms in total. The third kappa shape index (κ3) is 4.65. The maximum atomic E-state index is 4.73. The van der Waals surface area contributed by atoms with Crippen molar-refractivity contribution in [1.82, 2.24) is 19.8 Å². The fraction of sp³-hybridized carbons (Fsp3) is 0.579. The minimum atomic E-state index is 0. The van der Waals surface area contributed by atoms with Crippen LogP contribution in [0.1, 0.15) is 32.5 Å². The zero-order valence-corrected chi connectivity index (χ0v) is 18.0. The normalized spacial score (nSPS) is 18.0. The summed E-state index contributed by atoms with van der Waals surface area (Å²) < 4.78 is 2.15. The molecule has 0 bridgehead atoms. The van der Waals surface area contributed by atoms with Gasteiger partial charge in [0.05, 0.1) is 17.6 Å². The van der Waals surface area contributed by atoms with Crippen molar-refractivity contribution in [1.29, 1.82) is 0 Å². The predicted octanol–water partition coefficient (Wildman–Crippen LogP) is 3.63. The second-order valence-electron chi connectivity index (χ2n) is 7.21. The first-order chi connectivity index (χ1) is 11.6. The molecule has 1 aliphatic heterocycles. The molecule has 6 heteroatoms. The number of nitrogens with one attached hydrogen (secondary N) is 1. The number of fused-ring (bicyclic) bond motifs is 1. The average Bonchev–Trinajstić information content (AvgIpc) is 3.13. The van der Waals surface area contributed by atoms with Gasteiger partial charge in [-0.25, -0.2) is 4.98 Å². The van der Waals surface area contributed by atoms with E-state index in [0.29, 0.717) is 6.54 Å². The Morgan fingerprint density at radius 2 is 2.12 bits per heavy atom. The molecule has 1 aliphatic rings. The van der Waals surface area contributed by atoms with E-state index in [1.54, 1.807) is 0 Å². The number of hydrogen-bond acceptors (Lipinski definition) is 2. The van der Waals surface area contributed by atoms with Crippen molar-refractivity contribution in [2.24, 2.45) is 23.9 Å². The van der Waals surface area contributed by atoms with Gasteiger partial charge < -0.3 is 14.8 Å². The monoisotopic (exact) mass is 455 g/mol. The number of benzene rings is 1. The summed E-state index contributed by atoms with van der Waals surface area (Å²) in [4.78, 5) is 11.6. The average molecular weight is 455 g/mol. The zero-order chi connectivity index (χ0) is 17.1. The molecular weight excluding hydrogens is 425 g/mol. The Kier molecular flexibility index (Phi) is 7.10. The molecular formula is C19H30IN5. The highest BCUT2D eigenvalue weighted by Crippen LogP contribution is 2.23. The first-order valence-corrected chi connectivity index (χ1v) is 8.94. The van der Waals surface area contributed by atoms with Crippen LogP contribution in [0.2, 0.25) is 0 Å². The van der Waals surface area contributed by atoms with Gasteiger partial charge in [0.25, 0.3) is 0 Å². The molecule has 25 heavy (non-hydrogen) atoms. The van der Waals surface area contributed by atoms with Gasteiger partial charge in [0.2, 0.25) is 0 Å². The molecule has 1 aromatic carbocycles. The molecule has 1 unspecified atom stereocenters. The van der Waals surface area contributed by atoms with Gasteiger partial charge in [0.15, 0.2) is 5.96 Å². The fourth-order valence-corrected chi connectivity index (χ4v) is 3.73. The summed E-state index contributed by atoms with van der Waals surface area (Å²) in [5.41, 5.74) is 2.22. The second-order valence-corrected chi connectivity index (χ2v) is 7.21. The van der Waals surface area contributed by atoms with E-state index in [0.717, 1.165) is 42.2 Å². The van der Waals surface area contributed by atoms with E-state index in [2.05, 4.69) is 58.9 Å². The number of para-hydroxylation sites is 2. The topological polar surface area (TPSA) is 45.5 Å². The molecule has 1 aromatic heterocycles. The lowest BCUT2D eigenvalue weighted by Gasteiger charge is -2.22. The van der Waals surface area contributed by atoms with Crippen molar-refractivity contribution in [3.8, 4) is 0 Å². The Balaban J connectivity index is 0.00000225. The van der Waals surface area contributed by atoms with Crippen molar-refractivity contribution in [3.05, 3.63) is 30.1 Å². The van der Waals surface area contributed by atoms with E-state index < -0.39 is 0 Å². The Hall–Kier alpha value is -1.31. The Morgan fingerprint density at radius 1 is 1.36 bits per heavy atom. The van der Waals surface area contributed by atoms with Crippen LogP contribution in [0.15, 0.2) is 29.3 Å². The predicted molar refractivity (Wildman–Crippen MR) is 115 cm³/mol. The van der Waals surface area contributed by atoms with Crippen LogP contribution in [0.3, 0.4) is 0 Å². The number of hydrogen-bond donors (Lipinski definition) is 1. The van der Waals surface area contributed by atoms with Crippen molar-refractivity contribution in [3.63, 3.8) is 0 Å². The number of guanidine groups is 1. The third-order valence-corrected chi connectivity index (χ3v) is 4.89. The highest BCUT2D eigenvalue weighted by molar-refractivity contribution is 14.0. The Bertz CT molecular complexity index is 722. The van der Waals surface area contributed by atoms with Crippen LogP contribution in [0.4, 0.5) is 0 Å². The van der Waals surface area contributed by atoms with E-state index in [4.69, 9.17) is 4.98 Å². The van der Waals surface area contributed by atoms with Gasteiger partial charge in [-0.15, -0.1) is 24.0 Å². The molecule has 0 aliphatic carbocycles. The molecule has 2 aromatic rings. The second kappa shape index (κ2) is 8.87. The van der Waals surface area contributed by atoms with Gasteiger partial charge >= 0.3 is 0 Å². The molecule has 1 atom stereocenters. The molecule has 1 N–H and O–H groups in total. The lowest BCUT2D eigenvalue weighted by Crippen LogP contribution is -2.40. The minimum absolute atomic E-state index is 0. The van der Waals surface area contributed by atoms with Gasteiger partial charge in [0.1, 0.15) is 5.82 Å². The first kappa shape index (κ1) is 20.0. The summed E-state index contributed by atoms with van der Waals surface area (Å²) in [7, 11) is 3.94. The number of nitrogens with zero attached hydrogens (tertiary/aromatic N) is 4. The van der Waals surface area contributed by atoms with Gasteiger partial charge in [0, 0.05) is 27.2 Å². The quantitative estimate of drug-likeness (QED) is 0.435. The standard InChI is InChI=1S/C19H29N5.HI/c1-14(2)11-15-9-10-24(13-15)19(20-3)21-12-18-22-16-7-5-6-8-17(16)23(18)4;/h5-8,14-15H,9-13H2,1-4H3,(H,20,21);1H. The summed E-state index contributed by atoms with van der Waals surface area (Å²) in [5, 5.41) is 3.50. The van der Waals surface area contributed by atoms with Crippen LogP contribution >= 0.6 is 24.0 Å². The van der Waals surface area contributed by atoms with Gasteiger partial charge in [-0.2, -0.15) is 0 Å². The summed E-state index contributed by atoms with van der Waals surface area (Å²) >= 11 is 0. The molecule has 138 valence electrons. The van der Waals surface area contributed by atoms with Gasteiger partial charge in [-0.1, -0.05) is 26.0 Å². The number of aryl methyl sites for hydroxylation is 1. The van der Waals surface area contributed by atoms with Crippen LogP contribution in [-0.2, 0) is 13.6 Å². The van der Waals surface area contributed by atoms with Crippen LogP contribution in [0.25, 0.3) is 11.0 Å². The maximum absolute atomic E-state index is 4.73. The molecule has 0 spiro atoms. The number of rotatable bonds is 4. The maximum Gasteiger partial charge on any atom is 0.194 e. The molecule has 1 fully saturated rings. The van der Waals surface area contributed by atoms with E-state index in [-0.39, 0.29) is 24.0 Å². The van der Waals surface area contributed by atoms with Crippen molar-refractivity contribution < 1.29 is 0 Å². The summed E-state index contributed by atoms with van der Waals surface area (Å²) in [5.74, 6) is 3.59. The van der Waals surface area contributed by atoms with Crippen LogP contribution in [-0.4, -0.2) is 40.5 Å².